The highest BCUT2D eigenvalue weighted by Crippen LogP contribution is 2.23. The minimum absolute atomic E-state index is 0.602. The Hall–Kier alpha value is -2.70. The summed E-state index contributed by atoms with van der Waals surface area (Å²) in [6, 6.07) is 20.7. The van der Waals surface area contributed by atoms with Crippen LogP contribution in [0.5, 0.6) is 0 Å². The summed E-state index contributed by atoms with van der Waals surface area (Å²) < 4.78 is 0. The van der Waals surface area contributed by atoms with Gasteiger partial charge in [-0.2, -0.15) is 5.26 Å². The van der Waals surface area contributed by atoms with Crippen LogP contribution in [0.1, 0.15) is 16.3 Å². The highest BCUT2D eigenvalue weighted by molar-refractivity contribution is 7.11. The first-order chi connectivity index (χ1) is 10.8. The summed E-state index contributed by atoms with van der Waals surface area (Å²) in [6.45, 7) is 1.93. The molecule has 0 aliphatic carbocycles. The molecule has 0 saturated carbocycles. The van der Waals surface area contributed by atoms with Gasteiger partial charge in [0.1, 0.15) is 11.1 Å². The summed E-state index contributed by atoms with van der Waals surface area (Å²) in [6.07, 6.45) is 1.88. The van der Waals surface area contributed by atoms with Crippen molar-refractivity contribution in [1.29, 1.82) is 5.26 Å². The van der Waals surface area contributed by atoms with E-state index in [2.05, 4.69) is 35.3 Å². The van der Waals surface area contributed by atoms with Crippen molar-refractivity contribution in [1.82, 2.24) is 4.98 Å². The molecule has 0 unspecified atom stereocenters. The van der Waals surface area contributed by atoms with Crippen molar-refractivity contribution < 1.29 is 0 Å². The van der Waals surface area contributed by atoms with E-state index in [4.69, 9.17) is 0 Å². The van der Waals surface area contributed by atoms with Gasteiger partial charge in [0.25, 0.3) is 0 Å². The zero-order valence-corrected chi connectivity index (χ0v) is 13.0. The summed E-state index contributed by atoms with van der Waals surface area (Å²) >= 11 is 1.50. The largest absolute Gasteiger partial charge is 0.241 e. The molecular weight excluding hydrogens is 288 g/mol. The van der Waals surface area contributed by atoms with Gasteiger partial charge in [-0.05, 0) is 29.7 Å². The van der Waals surface area contributed by atoms with Crippen molar-refractivity contribution in [2.75, 3.05) is 0 Å². The van der Waals surface area contributed by atoms with Crippen LogP contribution in [-0.4, -0.2) is 4.98 Å². The first-order valence-corrected chi connectivity index (χ1v) is 7.84. The lowest BCUT2D eigenvalue weighted by molar-refractivity contribution is 1.25. The molecule has 0 spiro atoms. The van der Waals surface area contributed by atoms with Crippen LogP contribution in [-0.2, 0) is 0 Å². The maximum absolute atomic E-state index is 9.33. The molecule has 0 N–H and O–H groups in total. The SMILES string of the molecule is Cc1csc(/C(C#N)=C\c2ccc(-c3ccccc3)cc2)n1. The average molecular weight is 302 g/mol. The van der Waals surface area contributed by atoms with Gasteiger partial charge >= 0.3 is 0 Å². The molecule has 0 fully saturated rings. The molecule has 2 aromatic carbocycles. The van der Waals surface area contributed by atoms with Gasteiger partial charge in [-0.1, -0.05) is 54.6 Å². The molecule has 0 amide bonds. The molecular formula is C19H14N2S. The van der Waals surface area contributed by atoms with Crippen molar-refractivity contribution in [2.45, 2.75) is 6.92 Å². The number of rotatable bonds is 3. The summed E-state index contributed by atoms with van der Waals surface area (Å²) in [5.41, 5.74) is 4.91. The lowest BCUT2D eigenvalue weighted by atomic mass is 10.0. The quantitative estimate of drug-likeness (QED) is 0.625. The van der Waals surface area contributed by atoms with Gasteiger partial charge in [-0.25, -0.2) is 4.98 Å². The van der Waals surface area contributed by atoms with Gasteiger partial charge in [0.15, 0.2) is 0 Å². The van der Waals surface area contributed by atoms with Crippen LogP contribution in [0.4, 0.5) is 0 Å². The normalized spacial score (nSPS) is 11.2. The molecule has 0 radical (unpaired) electrons. The molecule has 106 valence electrons. The number of aromatic nitrogens is 1. The molecule has 3 rings (SSSR count). The van der Waals surface area contributed by atoms with E-state index in [-0.39, 0.29) is 0 Å². The van der Waals surface area contributed by atoms with E-state index in [9.17, 15) is 5.26 Å². The van der Waals surface area contributed by atoms with Crippen LogP contribution >= 0.6 is 11.3 Å². The highest BCUT2D eigenvalue weighted by atomic mass is 32.1. The Morgan fingerprint density at radius 3 is 2.32 bits per heavy atom. The Morgan fingerprint density at radius 2 is 1.73 bits per heavy atom. The van der Waals surface area contributed by atoms with Gasteiger partial charge in [-0.3, -0.25) is 0 Å². The van der Waals surface area contributed by atoms with Crippen LogP contribution < -0.4 is 0 Å². The van der Waals surface area contributed by atoms with Crippen LogP contribution in [0.2, 0.25) is 0 Å². The van der Waals surface area contributed by atoms with Crippen molar-refractivity contribution in [3.05, 3.63) is 76.2 Å². The Morgan fingerprint density at radius 1 is 1.05 bits per heavy atom. The summed E-state index contributed by atoms with van der Waals surface area (Å²) in [4.78, 5) is 4.37. The zero-order valence-electron chi connectivity index (χ0n) is 12.2. The summed E-state index contributed by atoms with van der Waals surface area (Å²) in [7, 11) is 0. The molecule has 3 heteroatoms. The molecule has 0 atom stereocenters. The third-order valence-corrected chi connectivity index (χ3v) is 4.29. The molecule has 0 aliphatic rings. The van der Waals surface area contributed by atoms with E-state index in [1.54, 1.807) is 0 Å². The third-order valence-electron chi connectivity index (χ3n) is 3.30. The van der Waals surface area contributed by atoms with Crippen molar-refractivity contribution in [2.24, 2.45) is 0 Å². The van der Waals surface area contributed by atoms with Crippen LogP contribution in [0.25, 0.3) is 22.8 Å². The molecule has 22 heavy (non-hydrogen) atoms. The lowest BCUT2D eigenvalue weighted by Crippen LogP contribution is -1.82. The number of allylic oxidation sites excluding steroid dienone is 1. The topological polar surface area (TPSA) is 36.7 Å². The molecule has 1 aromatic heterocycles. The predicted octanol–water partition coefficient (Wildman–Crippen LogP) is 5.18. The van der Waals surface area contributed by atoms with Crippen molar-refractivity contribution in [3.63, 3.8) is 0 Å². The second kappa shape index (κ2) is 6.38. The van der Waals surface area contributed by atoms with Crippen LogP contribution in [0.3, 0.4) is 0 Å². The molecule has 0 bridgehead atoms. The first kappa shape index (κ1) is 14.2. The fourth-order valence-electron chi connectivity index (χ4n) is 2.19. The number of aryl methyl sites for hydroxylation is 1. The summed E-state index contributed by atoms with van der Waals surface area (Å²) in [5, 5.41) is 12.1. The fraction of sp³-hybridized carbons (Fsp3) is 0.0526. The average Bonchev–Trinajstić information content (AvgIpc) is 3.00. The Bertz CT molecular complexity index is 837. The highest BCUT2D eigenvalue weighted by Gasteiger charge is 2.05. The molecule has 3 aromatic rings. The molecule has 1 heterocycles. The van der Waals surface area contributed by atoms with E-state index in [1.165, 1.54) is 22.5 Å². The van der Waals surface area contributed by atoms with E-state index in [1.807, 2.05) is 48.7 Å². The van der Waals surface area contributed by atoms with Gasteiger partial charge in [0.2, 0.25) is 0 Å². The number of nitrogens with zero attached hydrogens (tertiary/aromatic N) is 2. The third kappa shape index (κ3) is 3.13. The zero-order chi connectivity index (χ0) is 15.4. The lowest BCUT2D eigenvalue weighted by Gasteiger charge is -2.02. The first-order valence-electron chi connectivity index (χ1n) is 6.96. The number of hydrogen-bond acceptors (Lipinski definition) is 3. The number of hydrogen-bond donors (Lipinski definition) is 0. The Kier molecular flexibility index (Phi) is 4.13. The molecule has 0 aliphatic heterocycles. The van der Waals surface area contributed by atoms with E-state index < -0.39 is 0 Å². The second-order valence-electron chi connectivity index (χ2n) is 4.95. The minimum Gasteiger partial charge on any atom is -0.241 e. The van der Waals surface area contributed by atoms with E-state index in [0.717, 1.165) is 16.3 Å². The standard InChI is InChI=1S/C19H14N2S/c1-14-13-22-19(21-14)18(12-20)11-15-7-9-17(10-8-15)16-5-3-2-4-6-16/h2-11,13H,1H3/b18-11-. The Labute approximate surface area is 134 Å². The molecule has 2 nitrogen and oxygen atoms in total. The van der Waals surface area contributed by atoms with Gasteiger partial charge in [0.05, 0.1) is 5.57 Å². The molecule has 0 saturated heterocycles. The minimum atomic E-state index is 0.602. The Balaban J connectivity index is 1.90. The van der Waals surface area contributed by atoms with E-state index in [0.29, 0.717) is 5.57 Å². The maximum Gasteiger partial charge on any atom is 0.134 e. The van der Waals surface area contributed by atoms with Crippen LogP contribution in [0, 0.1) is 18.3 Å². The van der Waals surface area contributed by atoms with Gasteiger partial charge in [-0.15, -0.1) is 11.3 Å². The van der Waals surface area contributed by atoms with Gasteiger partial charge in [0, 0.05) is 11.1 Å². The van der Waals surface area contributed by atoms with Crippen molar-refractivity contribution >= 4 is 23.0 Å². The number of nitriles is 1. The number of thiazole rings is 1. The smallest absolute Gasteiger partial charge is 0.134 e. The predicted molar refractivity (Wildman–Crippen MR) is 92.2 cm³/mol. The summed E-state index contributed by atoms with van der Waals surface area (Å²) in [5.74, 6) is 0. The maximum atomic E-state index is 9.33. The van der Waals surface area contributed by atoms with E-state index >= 15 is 0 Å². The monoisotopic (exact) mass is 302 g/mol. The van der Waals surface area contributed by atoms with Crippen LogP contribution in [0.15, 0.2) is 60.0 Å². The van der Waals surface area contributed by atoms with Gasteiger partial charge < -0.3 is 0 Å². The number of benzene rings is 2. The van der Waals surface area contributed by atoms with Crippen molar-refractivity contribution in [3.8, 4) is 17.2 Å². The fourth-order valence-corrected chi connectivity index (χ4v) is 2.95. The second-order valence-corrected chi connectivity index (χ2v) is 5.81.